The summed E-state index contributed by atoms with van der Waals surface area (Å²) in [6.45, 7) is 4.59. The Morgan fingerprint density at radius 2 is 1.71 bits per heavy atom. The zero-order valence-corrected chi connectivity index (χ0v) is 18.4. The first kappa shape index (κ1) is 20.9. The summed E-state index contributed by atoms with van der Waals surface area (Å²) >= 11 is 1.53. The van der Waals surface area contributed by atoms with Gasteiger partial charge >= 0.3 is 0 Å². The van der Waals surface area contributed by atoms with Crippen LogP contribution in [0.15, 0.2) is 94.9 Å². The Hall–Kier alpha value is -3.31. The van der Waals surface area contributed by atoms with Crippen molar-refractivity contribution in [1.82, 2.24) is 10.3 Å². The van der Waals surface area contributed by atoms with Crippen LogP contribution in [0.2, 0.25) is 0 Å². The lowest BCUT2D eigenvalue weighted by Gasteiger charge is -2.16. The molecular weight excluding hydrogens is 404 g/mol. The molecule has 4 nitrogen and oxygen atoms in total. The average molecular weight is 429 g/mol. The highest BCUT2D eigenvalue weighted by molar-refractivity contribution is 7.99. The van der Waals surface area contributed by atoms with Crippen LogP contribution < -0.4 is 10.1 Å². The largest absolute Gasteiger partial charge is 0.494 e. The topological polar surface area (TPSA) is 51.2 Å². The predicted molar refractivity (Wildman–Crippen MR) is 126 cm³/mol. The highest BCUT2D eigenvalue weighted by Crippen LogP contribution is 2.31. The van der Waals surface area contributed by atoms with Crippen molar-refractivity contribution in [2.75, 3.05) is 6.61 Å². The van der Waals surface area contributed by atoms with E-state index in [9.17, 15) is 4.79 Å². The van der Waals surface area contributed by atoms with Gasteiger partial charge in [-0.1, -0.05) is 60.3 Å². The van der Waals surface area contributed by atoms with Crippen molar-refractivity contribution >= 4 is 28.6 Å². The number of ether oxygens (including phenoxy) is 1. The van der Waals surface area contributed by atoms with Crippen LogP contribution in [-0.2, 0) is 0 Å². The van der Waals surface area contributed by atoms with E-state index in [0.29, 0.717) is 12.2 Å². The minimum Gasteiger partial charge on any atom is -0.494 e. The summed E-state index contributed by atoms with van der Waals surface area (Å²) in [5, 5.41) is 4.75. The molecule has 156 valence electrons. The van der Waals surface area contributed by atoms with Gasteiger partial charge in [0.25, 0.3) is 5.91 Å². The van der Waals surface area contributed by atoms with Gasteiger partial charge in [0.05, 0.1) is 23.7 Å². The van der Waals surface area contributed by atoms with E-state index in [1.54, 1.807) is 0 Å². The lowest BCUT2D eigenvalue weighted by Crippen LogP contribution is -2.27. The van der Waals surface area contributed by atoms with Crippen LogP contribution in [0.3, 0.4) is 0 Å². The number of hydrogen-bond donors (Lipinski definition) is 1. The van der Waals surface area contributed by atoms with Crippen molar-refractivity contribution in [2.24, 2.45) is 0 Å². The summed E-state index contributed by atoms with van der Waals surface area (Å²) in [4.78, 5) is 19.0. The second-order valence-electron chi connectivity index (χ2n) is 7.14. The van der Waals surface area contributed by atoms with E-state index in [2.05, 4.69) is 5.32 Å². The summed E-state index contributed by atoms with van der Waals surface area (Å²) in [7, 11) is 0. The third-order valence-corrected chi connectivity index (χ3v) is 5.87. The average Bonchev–Trinajstić information content (AvgIpc) is 2.80. The van der Waals surface area contributed by atoms with Gasteiger partial charge < -0.3 is 10.1 Å². The van der Waals surface area contributed by atoms with Gasteiger partial charge in [0.15, 0.2) is 0 Å². The van der Waals surface area contributed by atoms with E-state index in [0.717, 1.165) is 32.1 Å². The van der Waals surface area contributed by atoms with Gasteiger partial charge in [-0.2, -0.15) is 0 Å². The first-order chi connectivity index (χ1) is 15.1. The number of hydrogen-bond acceptors (Lipinski definition) is 4. The summed E-state index contributed by atoms with van der Waals surface area (Å²) in [6, 6.07) is 27.4. The van der Waals surface area contributed by atoms with Crippen molar-refractivity contribution in [3.05, 3.63) is 96.1 Å². The maximum absolute atomic E-state index is 13.2. The molecule has 31 heavy (non-hydrogen) atoms. The Morgan fingerprint density at radius 3 is 2.45 bits per heavy atom. The van der Waals surface area contributed by atoms with Crippen LogP contribution >= 0.6 is 11.8 Å². The van der Waals surface area contributed by atoms with E-state index in [1.165, 1.54) is 11.8 Å². The van der Waals surface area contributed by atoms with E-state index in [1.807, 2.05) is 98.8 Å². The van der Waals surface area contributed by atoms with Crippen LogP contribution in [0.1, 0.15) is 35.8 Å². The molecule has 3 aromatic carbocycles. The Kier molecular flexibility index (Phi) is 6.53. The Balaban J connectivity index is 1.62. The molecule has 1 heterocycles. The molecule has 1 aromatic heterocycles. The predicted octanol–water partition coefficient (Wildman–Crippen LogP) is 6.28. The fourth-order valence-electron chi connectivity index (χ4n) is 3.38. The minimum atomic E-state index is -0.108. The quantitative estimate of drug-likeness (QED) is 0.377. The van der Waals surface area contributed by atoms with Crippen molar-refractivity contribution in [3.63, 3.8) is 0 Å². The molecule has 0 aliphatic heterocycles. The molecular formula is C26H24N2O2S. The van der Waals surface area contributed by atoms with Crippen molar-refractivity contribution in [3.8, 4) is 5.75 Å². The van der Waals surface area contributed by atoms with Gasteiger partial charge in [0.1, 0.15) is 10.8 Å². The van der Waals surface area contributed by atoms with Crippen LogP contribution in [0.5, 0.6) is 5.75 Å². The molecule has 0 fully saturated rings. The van der Waals surface area contributed by atoms with Crippen LogP contribution in [0, 0.1) is 0 Å². The van der Waals surface area contributed by atoms with Gasteiger partial charge in [0, 0.05) is 10.3 Å². The smallest absolute Gasteiger partial charge is 0.252 e. The third-order valence-electron chi connectivity index (χ3n) is 4.94. The molecule has 0 saturated heterocycles. The van der Waals surface area contributed by atoms with E-state index in [4.69, 9.17) is 9.72 Å². The number of aromatic nitrogens is 1. The van der Waals surface area contributed by atoms with Crippen LogP contribution in [-0.4, -0.2) is 17.5 Å². The molecule has 1 atom stereocenters. The normalized spacial score (nSPS) is 11.8. The number of carbonyl (C=O) groups is 1. The standard InChI is InChI=1S/C26H24N2O2S/c1-3-30-20-13-15-21(16-14-20)31-25-17-23(22-11-7-8-12-24(22)28-25)26(29)27-18(2)19-9-5-4-6-10-19/h4-18H,3H2,1-2H3,(H,27,29)/t18-/m0/s1. The molecule has 0 saturated carbocycles. The number of amides is 1. The SMILES string of the molecule is CCOc1ccc(Sc2cc(C(=O)N[C@@H](C)c3ccccc3)c3ccccc3n2)cc1. The van der Waals surface area contributed by atoms with E-state index < -0.39 is 0 Å². The molecule has 1 N–H and O–H groups in total. The number of benzene rings is 3. The van der Waals surface area contributed by atoms with Gasteiger partial charge in [-0.25, -0.2) is 4.98 Å². The molecule has 0 aliphatic carbocycles. The molecule has 0 spiro atoms. The van der Waals surface area contributed by atoms with E-state index in [-0.39, 0.29) is 11.9 Å². The molecule has 5 heteroatoms. The van der Waals surface area contributed by atoms with Crippen molar-refractivity contribution in [1.29, 1.82) is 0 Å². The molecule has 1 amide bonds. The summed E-state index contributed by atoms with van der Waals surface area (Å²) < 4.78 is 5.51. The monoisotopic (exact) mass is 428 g/mol. The van der Waals surface area contributed by atoms with E-state index >= 15 is 0 Å². The lowest BCUT2D eigenvalue weighted by atomic mass is 10.1. The van der Waals surface area contributed by atoms with Gasteiger partial charge in [-0.3, -0.25) is 4.79 Å². The number of rotatable bonds is 7. The molecule has 0 aliphatic rings. The van der Waals surface area contributed by atoms with Gasteiger partial charge in [-0.15, -0.1) is 0 Å². The summed E-state index contributed by atoms with van der Waals surface area (Å²) in [5.74, 6) is 0.733. The zero-order chi connectivity index (χ0) is 21.6. The van der Waals surface area contributed by atoms with Crippen molar-refractivity contribution < 1.29 is 9.53 Å². The van der Waals surface area contributed by atoms with Crippen molar-refractivity contribution in [2.45, 2.75) is 29.8 Å². The first-order valence-electron chi connectivity index (χ1n) is 10.3. The zero-order valence-electron chi connectivity index (χ0n) is 17.5. The second-order valence-corrected chi connectivity index (χ2v) is 8.23. The number of nitrogens with one attached hydrogen (secondary N) is 1. The van der Waals surface area contributed by atoms with Crippen LogP contribution in [0.25, 0.3) is 10.9 Å². The minimum absolute atomic E-state index is 0.0946. The summed E-state index contributed by atoms with van der Waals surface area (Å²) in [5.41, 5.74) is 2.50. The molecule has 0 unspecified atom stereocenters. The van der Waals surface area contributed by atoms with Gasteiger partial charge in [-0.05, 0) is 55.8 Å². The molecule has 0 radical (unpaired) electrons. The Labute approximate surface area is 186 Å². The highest BCUT2D eigenvalue weighted by atomic mass is 32.2. The first-order valence-corrected chi connectivity index (χ1v) is 11.1. The van der Waals surface area contributed by atoms with Gasteiger partial charge in [0.2, 0.25) is 0 Å². The second kappa shape index (κ2) is 9.67. The fraction of sp³-hybridized carbons (Fsp3) is 0.154. The third kappa shape index (κ3) is 5.06. The number of carbonyl (C=O) groups excluding carboxylic acids is 1. The highest BCUT2D eigenvalue weighted by Gasteiger charge is 2.16. The number of nitrogens with zero attached hydrogens (tertiary/aromatic N) is 1. The number of para-hydroxylation sites is 1. The molecule has 4 aromatic rings. The maximum atomic E-state index is 13.2. The maximum Gasteiger partial charge on any atom is 0.252 e. The van der Waals surface area contributed by atoms with Crippen LogP contribution in [0.4, 0.5) is 0 Å². The Bertz CT molecular complexity index is 1180. The Morgan fingerprint density at radius 1 is 1.00 bits per heavy atom. The summed E-state index contributed by atoms with van der Waals surface area (Å²) in [6.07, 6.45) is 0. The number of fused-ring (bicyclic) bond motifs is 1. The lowest BCUT2D eigenvalue weighted by molar-refractivity contribution is 0.0941. The number of pyridine rings is 1. The molecule has 4 rings (SSSR count). The molecule has 0 bridgehead atoms. The fourth-order valence-corrected chi connectivity index (χ4v) is 4.22.